The number of benzene rings is 1. The minimum Gasteiger partial charge on any atom is -0.489 e. The van der Waals surface area contributed by atoms with Crippen molar-refractivity contribution in [3.05, 3.63) is 30.1 Å². The Kier molecular flexibility index (Phi) is 6.27. The molecule has 1 atom stereocenters. The highest BCUT2D eigenvalue weighted by Crippen LogP contribution is 2.20. The minimum absolute atomic E-state index is 0.280. The van der Waals surface area contributed by atoms with Gasteiger partial charge in [-0.3, -0.25) is 4.90 Å². The SMILES string of the molecule is CNCCC1CCCCN1CCOc1ccccc1F. The molecule has 0 bridgehead atoms. The summed E-state index contributed by atoms with van der Waals surface area (Å²) in [6, 6.07) is 7.24. The first-order chi connectivity index (χ1) is 9.81. The van der Waals surface area contributed by atoms with E-state index < -0.39 is 0 Å². The lowest BCUT2D eigenvalue weighted by molar-refractivity contribution is 0.116. The van der Waals surface area contributed by atoms with Gasteiger partial charge in [0.15, 0.2) is 11.6 Å². The first-order valence-corrected chi connectivity index (χ1v) is 7.57. The number of nitrogens with zero attached hydrogens (tertiary/aromatic N) is 1. The minimum atomic E-state index is -0.280. The third kappa shape index (κ3) is 4.46. The van der Waals surface area contributed by atoms with E-state index in [1.807, 2.05) is 7.05 Å². The van der Waals surface area contributed by atoms with Gasteiger partial charge in [0, 0.05) is 12.6 Å². The van der Waals surface area contributed by atoms with E-state index in [0.29, 0.717) is 18.4 Å². The van der Waals surface area contributed by atoms with Crippen LogP contribution < -0.4 is 10.1 Å². The summed E-state index contributed by atoms with van der Waals surface area (Å²) in [7, 11) is 1.99. The van der Waals surface area contributed by atoms with Crippen molar-refractivity contribution in [2.45, 2.75) is 31.7 Å². The molecule has 0 aromatic heterocycles. The maximum Gasteiger partial charge on any atom is 0.165 e. The maximum atomic E-state index is 13.5. The Morgan fingerprint density at radius 1 is 1.35 bits per heavy atom. The lowest BCUT2D eigenvalue weighted by Crippen LogP contribution is -2.43. The number of para-hydroxylation sites is 1. The van der Waals surface area contributed by atoms with Crippen LogP contribution in [0.5, 0.6) is 5.75 Å². The number of hydrogen-bond donors (Lipinski definition) is 1. The van der Waals surface area contributed by atoms with Crippen molar-refractivity contribution in [1.82, 2.24) is 10.2 Å². The second-order valence-corrected chi connectivity index (χ2v) is 5.36. The van der Waals surface area contributed by atoms with Crippen LogP contribution in [0.4, 0.5) is 4.39 Å². The van der Waals surface area contributed by atoms with Crippen molar-refractivity contribution in [2.75, 3.05) is 33.3 Å². The summed E-state index contributed by atoms with van der Waals surface area (Å²) in [5, 5.41) is 3.22. The van der Waals surface area contributed by atoms with Crippen LogP contribution in [0.25, 0.3) is 0 Å². The van der Waals surface area contributed by atoms with Crippen molar-refractivity contribution in [1.29, 1.82) is 0 Å². The highest BCUT2D eigenvalue weighted by molar-refractivity contribution is 5.23. The van der Waals surface area contributed by atoms with E-state index in [9.17, 15) is 4.39 Å². The number of ether oxygens (including phenoxy) is 1. The molecule has 1 saturated heterocycles. The van der Waals surface area contributed by atoms with Crippen LogP contribution in [-0.4, -0.2) is 44.2 Å². The first-order valence-electron chi connectivity index (χ1n) is 7.57. The zero-order chi connectivity index (χ0) is 14.2. The summed E-state index contributed by atoms with van der Waals surface area (Å²) in [5.74, 6) is 0.0779. The second-order valence-electron chi connectivity index (χ2n) is 5.36. The molecule has 112 valence electrons. The van der Waals surface area contributed by atoms with Gasteiger partial charge in [-0.15, -0.1) is 0 Å². The summed E-state index contributed by atoms with van der Waals surface area (Å²) in [5.41, 5.74) is 0. The zero-order valence-corrected chi connectivity index (χ0v) is 12.3. The van der Waals surface area contributed by atoms with E-state index in [-0.39, 0.29) is 5.82 Å². The predicted molar refractivity (Wildman–Crippen MR) is 79.7 cm³/mol. The Morgan fingerprint density at radius 3 is 3.00 bits per heavy atom. The van der Waals surface area contributed by atoms with Gasteiger partial charge in [-0.05, 0) is 51.5 Å². The summed E-state index contributed by atoms with van der Waals surface area (Å²) < 4.78 is 19.0. The molecular formula is C16H25FN2O. The van der Waals surface area contributed by atoms with Crippen molar-refractivity contribution in [3.63, 3.8) is 0 Å². The molecule has 2 rings (SSSR count). The van der Waals surface area contributed by atoms with Crippen molar-refractivity contribution >= 4 is 0 Å². The molecule has 1 aliphatic rings. The molecule has 1 N–H and O–H groups in total. The van der Waals surface area contributed by atoms with Gasteiger partial charge in [0.05, 0.1) is 0 Å². The Labute approximate surface area is 121 Å². The van der Waals surface area contributed by atoms with Crippen molar-refractivity contribution in [3.8, 4) is 5.75 Å². The van der Waals surface area contributed by atoms with E-state index in [2.05, 4.69) is 10.2 Å². The van der Waals surface area contributed by atoms with E-state index >= 15 is 0 Å². The van der Waals surface area contributed by atoms with E-state index in [4.69, 9.17) is 4.74 Å². The summed E-state index contributed by atoms with van der Waals surface area (Å²) >= 11 is 0. The van der Waals surface area contributed by atoms with E-state index in [1.165, 1.54) is 31.7 Å². The highest BCUT2D eigenvalue weighted by Gasteiger charge is 2.21. The van der Waals surface area contributed by atoms with E-state index in [0.717, 1.165) is 19.6 Å². The molecule has 0 amide bonds. The molecule has 1 aromatic carbocycles. The monoisotopic (exact) mass is 280 g/mol. The highest BCUT2D eigenvalue weighted by atomic mass is 19.1. The fourth-order valence-electron chi connectivity index (χ4n) is 2.83. The summed E-state index contributed by atoms with van der Waals surface area (Å²) in [4.78, 5) is 2.49. The first kappa shape index (κ1) is 15.3. The molecule has 1 aliphatic heterocycles. The largest absolute Gasteiger partial charge is 0.489 e. The van der Waals surface area contributed by atoms with Crippen LogP contribution in [0.2, 0.25) is 0 Å². The average Bonchev–Trinajstić information content (AvgIpc) is 2.48. The molecule has 0 spiro atoms. The quantitative estimate of drug-likeness (QED) is 0.831. The standard InChI is InChI=1S/C16H25FN2O/c1-18-10-9-14-6-4-5-11-19(14)12-13-20-16-8-3-2-7-15(16)17/h2-3,7-8,14,18H,4-6,9-13H2,1H3. The predicted octanol–water partition coefficient (Wildman–Crippen LogP) is 2.67. The number of likely N-dealkylation sites (tertiary alicyclic amines) is 1. The molecule has 3 nitrogen and oxygen atoms in total. The molecule has 1 fully saturated rings. The summed E-state index contributed by atoms with van der Waals surface area (Å²) in [6.45, 7) is 3.62. The molecule has 1 unspecified atom stereocenters. The van der Waals surface area contributed by atoms with Crippen molar-refractivity contribution in [2.24, 2.45) is 0 Å². The number of nitrogens with one attached hydrogen (secondary N) is 1. The zero-order valence-electron chi connectivity index (χ0n) is 12.3. The molecule has 1 heterocycles. The molecule has 0 saturated carbocycles. The van der Waals surface area contributed by atoms with Gasteiger partial charge in [0.25, 0.3) is 0 Å². The number of hydrogen-bond acceptors (Lipinski definition) is 3. The lowest BCUT2D eigenvalue weighted by atomic mass is 9.99. The van der Waals surface area contributed by atoms with Gasteiger partial charge < -0.3 is 10.1 Å². The van der Waals surface area contributed by atoms with Crippen LogP contribution >= 0.6 is 0 Å². The Balaban J connectivity index is 1.78. The van der Waals surface area contributed by atoms with Crippen LogP contribution in [0.15, 0.2) is 24.3 Å². The maximum absolute atomic E-state index is 13.5. The topological polar surface area (TPSA) is 24.5 Å². The molecule has 1 aromatic rings. The smallest absolute Gasteiger partial charge is 0.165 e. The van der Waals surface area contributed by atoms with Gasteiger partial charge in [-0.2, -0.15) is 0 Å². The molecule has 0 aliphatic carbocycles. The van der Waals surface area contributed by atoms with Gasteiger partial charge >= 0.3 is 0 Å². The number of halogens is 1. The fourth-order valence-corrected chi connectivity index (χ4v) is 2.83. The second kappa shape index (κ2) is 8.22. The Morgan fingerprint density at radius 2 is 2.20 bits per heavy atom. The fraction of sp³-hybridized carbons (Fsp3) is 0.625. The van der Waals surface area contributed by atoms with Crippen LogP contribution in [0, 0.1) is 5.82 Å². The molecule has 20 heavy (non-hydrogen) atoms. The number of rotatable bonds is 7. The van der Waals surface area contributed by atoms with Crippen LogP contribution in [0.1, 0.15) is 25.7 Å². The van der Waals surface area contributed by atoms with Crippen LogP contribution in [-0.2, 0) is 0 Å². The van der Waals surface area contributed by atoms with Gasteiger partial charge in [0.2, 0.25) is 0 Å². The van der Waals surface area contributed by atoms with Gasteiger partial charge in [0.1, 0.15) is 6.61 Å². The van der Waals surface area contributed by atoms with Crippen molar-refractivity contribution < 1.29 is 9.13 Å². The summed E-state index contributed by atoms with van der Waals surface area (Å²) in [6.07, 6.45) is 5.02. The molecule has 4 heteroatoms. The van der Waals surface area contributed by atoms with E-state index in [1.54, 1.807) is 18.2 Å². The molecule has 0 radical (unpaired) electrons. The Bertz CT molecular complexity index is 400. The third-order valence-electron chi connectivity index (χ3n) is 3.95. The average molecular weight is 280 g/mol. The lowest BCUT2D eigenvalue weighted by Gasteiger charge is -2.35. The van der Waals surface area contributed by atoms with Crippen LogP contribution in [0.3, 0.4) is 0 Å². The normalized spacial score (nSPS) is 20.0. The molecular weight excluding hydrogens is 255 g/mol. The number of piperidine rings is 1. The van der Waals surface area contributed by atoms with Gasteiger partial charge in [-0.25, -0.2) is 4.39 Å². The third-order valence-corrected chi connectivity index (χ3v) is 3.95. The van der Waals surface area contributed by atoms with Gasteiger partial charge in [-0.1, -0.05) is 18.6 Å². The Hall–Kier alpha value is -1.13.